The van der Waals surface area contributed by atoms with Crippen LogP contribution in [0.5, 0.6) is 11.5 Å². The summed E-state index contributed by atoms with van der Waals surface area (Å²) in [5.41, 5.74) is 1.05. The van der Waals surface area contributed by atoms with Gasteiger partial charge in [0.2, 0.25) is 12.7 Å². The van der Waals surface area contributed by atoms with E-state index in [9.17, 15) is 18.0 Å². The molecule has 1 aromatic heterocycles. The number of likely N-dealkylation sites (tertiary alicyclic amines) is 1. The summed E-state index contributed by atoms with van der Waals surface area (Å²) in [5, 5.41) is 4.51. The summed E-state index contributed by atoms with van der Waals surface area (Å²) in [6.07, 6.45) is 2.83. The highest BCUT2D eigenvalue weighted by Crippen LogP contribution is 2.35. The van der Waals surface area contributed by atoms with E-state index in [1.54, 1.807) is 28.5 Å². The molecule has 0 aliphatic carbocycles. The van der Waals surface area contributed by atoms with E-state index in [0.717, 1.165) is 37.3 Å². The number of rotatable bonds is 5. The summed E-state index contributed by atoms with van der Waals surface area (Å²) < 4.78 is 38.4. The third kappa shape index (κ3) is 4.44. The molecule has 1 N–H and O–H groups in total. The Kier molecular flexibility index (Phi) is 6.02. The van der Waals surface area contributed by atoms with Crippen molar-refractivity contribution >= 4 is 38.9 Å². The third-order valence-electron chi connectivity index (χ3n) is 6.27. The Hall–Kier alpha value is -2.63. The Morgan fingerprint density at radius 1 is 1.00 bits per heavy atom. The summed E-state index contributed by atoms with van der Waals surface area (Å²) in [7, 11) is -3.69. The van der Waals surface area contributed by atoms with E-state index in [0.29, 0.717) is 35.6 Å². The number of anilines is 1. The topological polar surface area (TPSA) is 105 Å². The summed E-state index contributed by atoms with van der Waals surface area (Å²) in [4.78, 5) is 27.0. The number of fused-ring (bicyclic) bond motifs is 1. The number of hydrogen-bond donors (Lipinski definition) is 1. The summed E-state index contributed by atoms with van der Waals surface area (Å²) >= 11 is 1.08. The maximum Gasteiger partial charge on any atom is 0.254 e. The van der Waals surface area contributed by atoms with Crippen LogP contribution in [0.15, 0.2) is 33.9 Å². The highest BCUT2D eigenvalue weighted by molar-refractivity contribution is 7.91. The number of piperidine rings is 1. The van der Waals surface area contributed by atoms with E-state index >= 15 is 0 Å². The first-order valence-corrected chi connectivity index (χ1v) is 13.3. The van der Waals surface area contributed by atoms with Crippen LogP contribution in [-0.2, 0) is 14.8 Å². The van der Waals surface area contributed by atoms with E-state index in [2.05, 4.69) is 5.32 Å². The predicted molar refractivity (Wildman–Crippen MR) is 122 cm³/mol. The summed E-state index contributed by atoms with van der Waals surface area (Å²) in [5.74, 6) is 0.708. The molecule has 3 aliphatic heterocycles. The predicted octanol–water partition coefficient (Wildman–Crippen LogP) is 2.75. The maximum absolute atomic E-state index is 13.1. The fourth-order valence-electron chi connectivity index (χ4n) is 4.37. The lowest BCUT2D eigenvalue weighted by atomic mass is 9.97. The molecule has 2 saturated heterocycles. The Morgan fingerprint density at radius 3 is 2.48 bits per heavy atom. The number of hydrogen-bond acceptors (Lipinski definition) is 7. The van der Waals surface area contributed by atoms with Gasteiger partial charge in [-0.2, -0.15) is 4.31 Å². The van der Waals surface area contributed by atoms with Gasteiger partial charge in [-0.05, 0) is 43.9 Å². The Morgan fingerprint density at radius 2 is 1.73 bits per heavy atom. The first-order chi connectivity index (χ1) is 15.9. The minimum Gasteiger partial charge on any atom is -0.454 e. The Balaban J connectivity index is 1.19. The molecule has 4 heterocycles. The van der Waals surface area contributed by atoms with Crippen LogP contribution in [0.3, 0.4) is 0 Å². The lowest BCUT2D eigenvalue weighted by Crippen LogP contribution is -2.41. The van der Waals surface area contributed by atoms with Crippen LogP contribution in [0.1, 0.15) is 36.0 Å². The molecule has 11 heteroatoms. The fourth-order valence-corrected chi connectivity index (χ4v) is 7.15. The molecule has 33 heavy (non-hydrogen) atoms. The molecule has 2 amide bonds. The lowest BCUT2D eigenvalue weighted by Gasteiger charge is -2.30. The molecule has 0 atom stereocenters. The minimum absolute atomic E-state index is 0.107. The number of nitrogens with one attached hydrogen (secondary N) is 1. The van der Waals surface area contributed by atoms with Gasteiger partial charge in [-0.15, -0.1) is 11.3 Å². The van der Waals surface area contributed by atoms with Crippen molar-refractivity contribution in [2.24, 2.45) is 5.92 Å². The lowest BCUT2D eigenvalue weighted by molar-refractivity contribution is -0.120. The monoisotopic (exact) mass is 491 g/mol. The van der Waals surface area contributed by atoms with Crippen molar-refractivity contribution in [3.63, 3.8) is 0 Å². The number of thiophene rings is 1. The zero-order valence-corrected chi connectivity index (χ0v) is 19.6. The van der Waals surface area contributed by atoms with Crippen LogP contribution >= 0.6 is 11.3 Å². The van der Waals surface area contributed by atoms with Gasteiger partial charge >= 0.3 is 0 Å². The number of carbonyl (C=O) groups excluding carboxylic acids is 2. The molecule has 2 aromatic rings. The van der Waals surface area contributed by atoms with E-state index in [1.807, 2.05) is 0 Å². The number of benzene rings is 1. The standard InChI is InChI=1S/C22H25N3O6S2/c26-21(23-17-3-4-18-19(12-17)31-14-30-18)15-5-9-25(10-6-15)33(28,29)20-11-16(13-32-20)22(27)24-7-1-2-8-24/h3-4,11-13,15H,1-2,5-10,14H2,(H,23,26). The van der Waals surface area contributed by atoms with Crippen molar-refractivity contribution in [3.8, 4) is 11.5 Å². The molecule has 5 rings (SSSR count). The van der Waals surface area contributed by atoms with Crippen LogP contribution in [-0.4, -0.2) is 62.4 Å². The fraction of sp³-hybridized carbons (Fsp3) is 0.455. The van der Waals surface area contributed by atoms with Crippen molar-refractivity contribution in [2.75, 3.05) is 38.3 Å². The molecule has 0 unspecified atom stereocenters. The quantitative estimate of drug-likeness (QED) is 0.690. The van der Waals surface area contributed by atoms with Gasteiger partial charge in [0.25, 0.3) is 15.9 Å². The van der Waals surface area contributed by atoms with Gasteiger partial charge in [0, 0.05) is 49.2 Å². The molecule has 0 saturated carbocycles. The third-order valence-corrected chi connectivity index (χ3v) is 9.59. The molecule has 2 fully saturated rings. The second-order valence-electron chi connectivity index (χ2n) is 8.39. The zero-order chi connectivity index (χ0) is 23.0. The van der Waals surface area contributed by atoms with Crippen molar-refractivity contribution in [1.29, 1.82) is 0 Å². The number of nitrogens with zero attached hydrogens (tertiary/aromatic N) is 2. The first-order valence-electron chi connectivity index (χ1n) is 11.0. The van der Waals surface area contributed by atoms with Crippen LogP contribution in [0, 0.1) is 5.92 Å². The number of ether oxygens (including phenoxy) is 2. The first kappa shape index (κ1) is 22.2. The molecule has 0 spiro atoms. The molecule has 0 bridgehead atoms. The second-order valence-corrected chi connectivity index (χ2v) is 11.5. The van der Waals surface area contributed by atoms with Crippen LogP contribution < -0.4 is 14.8 Å². The average Bonchev–Trinajstić information content (AvgIpc) is 3.60. The van der Waals surface area contributed by atoms with Gasteiger partial charge in [-0.1, -0.05) is 0 Å². The maximum atomic E-state index is 13.1. The van der Waals surface area contributed by atoms with Gasteiger partial charge in [0.05, 0.1) is 5.56 Å². The van der Waals surface area contributed by atoms with Crippen molar-refractivity contribution < 1.29 is 27.5 Å². The van der Waals surface area contributed by atoms with Crippen LogP contribution in [0.25, 0.3) is 0 Å². The number of sulfonamides is 1. The molecule has 0 radical (unpaired) electrons. The number of amides is 2. The Bertz CT molecular complexity index is 1160. The summed E-state index contributed by atoms with van der Waals surface area (Å²) in [6.45, 7) is 2.12. The smallest absolute Gasteiger partial charge is 0.254 e. The van der Waals surface area contributed by atoms with Gasteiger partial charge in [0.15, 0.2) is 11.5 Å². The SMILES string of the molecule is O=C(Nc1ccc2c(c1)OCO2)C1CCN(S(=O)(=O)c2cc(C(=O)N3CCCC3)cs2)CC1. The molecule has 9 nitrogen and oxygen atoms in total. The highest BCUT2D eigenvalue weighted by atomic mass is 32.2. The summed E-state index contributed by atoms with van der Waals surface area (Å²) in [6, 6.07) is 6.70. The van der Waals surface area contributed by atoms with Crippen molar-refractivity contribution in [1.82, 2.24) is 9.21 Å². The molecular weight excluding hydrogens is 466 g/mol. The largest absolute Gasteiger partial charge is 0.454 e. The van der Waals surface area contributed by atoms with E-state index in [4.69, 9.17) is 9.47 Å². The van der Waals surface area contributed by atoms with E-state index < -0.39 is 10.0 Å². The van der Waals surface area contributed by atoms with Gasteiger partial charge in [0.1, 0.15) is 4.21 Å². The Labute approximate surface area is 196 Å². The van der Waals surface area contributed by atoms with E-state index in [1.165, 1.54) is 10.4 Å². The normalized spacial score (nSPS) is 19.1. The van der Waals surface area contributed by atoms with Crippen molar-refractivity contribution in [3.05, 3.63) is 35.2 Å². The molecule has 1 aromatic carbocycles. The van der Waals surface area contributed by atoms with Gasteiger partial charge in [-0.3, -0.25) is 9.59 Å². The molecular formula is C22H25N3O6S2. The zero-order valence-electron chi connectivity index (χ0n) is 18.0. The highest BCUT2D eigenvalue weighted by Gasteiger charge is 2.34. The second kappa shape index (κ2) is 8.96. The number of carbonyl (C=O) groups is 2. The average molecular weight is 492 g/mol. The molecule has 176 valence electrons. The van der Waals surface area contributed by atoms with Gasteiger partial charge < -0.3 is 19.7 Å². The minimum atomic E-state index is -3.69. The van der Waals surface area contributed by atoms with Gasteiger partial charge in [-0.25, -0.2) is 8.42 Å². The van der Waals surface area contributed by atoms with Crippen molar-refractivity contribution in [2.45, 2.75) is 29.9 Å². The van der Waals surface area contributed by atoms with E-state index in [-0.39, 0.29) is 41.8 Å². The molecule has 3 aliphatic rings. The van der Waals surface area contributed by atoms with Crippen LogP contribution in [0.2, 0.25) is 0 Å². The van der Waals surface area contributed by atoms with Crippen LogP contribution in [0.4, 0.5) is 5.69 Å².